The molecule has 0 unspecified atom stereocenters. The summed E-state index contributed by atoms with van der Waals surface area (Å²) in [6.07, 6.45) is -3.24. The molecule has 1 N–H and O–H groups in total. The maximum absolute atomic E-state index is 13.6. The van der Waals surface area contributed by atoms with Crippen molar-refractivity contribution in [1.29, 1.82) is 5.26 Å². The average molecular weight is 490 g/mol. The van der Waals surface area contributed by atoms with Crippen molar-refractivity contribution in [1.82, 2.24) is 20.2 Å². The molecule has 1 aliphatic heterocycles. The third kappa shape index (κ3) is 4.08. The number of anilines is 1. The van der Waals surface area contributed by atoms with Gasteiger partial charge in [0, 0.05) is 18.2 Å². The summed E-state index contributed by atoms with van der Waals surface area (Å²) < 4.78 is 46.0. The molecule has 5 rings (SSSR count). The Bertz CT molecular complexity index is 1510. The van der Waals surface area contributed by atoms with E-state index < -0.39 is 17.6 Å². The summed E-state index contributed by atoms with van der Waals surface area (Å²) in [6.45, 7) is -0.181. The number of aromatic nitrogens is 4. The lowest BCUT2D eigenvalue weighted by molar-refractivity contribution is -0.138. The number of pyridine rings is 1. The molecule has 180 valence electrons. The topological polar surface area (TPSA) is 108 Å². The number of carbonyl (C=O) groups excluding carboxylic acids is 1. The molecule has 1 amide bonds. The molecule has 1 aliphatic rings. The first-order valence-electron chi connectivity index (χ1n) is 10.7. The second-order valence-electron chi connectivity index (χ2n) is 8.07. The number of benzene rings is 2. The molecule has 36 heavy (non-hydrogen) atoms. The lowest BCUT2D eigenvalue weighted by Crippen LogP contribution is -2.24. The van der Waals surface area contributed by atoms with Crippen LogP contribution in [0.3, 0.4) is 0 Å². The van der Waals surface area contributed by atoms with Gasteiger partial charge in [-0.2, -0.15) is 23.5 Å². The third-order valence-corrected chi connectivity index (χ3v) is 5.84. The largest absolute Gasteiger partial charge is 0.416 e. The van der Waals surface area contributed by atoms with Gasteiger partial charge in [0.05, 0.1) is 36.0 Å². The average Bonchev–Trinajstić information content (AvgIpc) is 3.51. The smallest absolute Gasteiger partial charge is 0.378 e. The summed E-state index contributed by atoms with van der Waals surface area (Å²) in [6, 6.07) is 14.0. The van der Waals surface area contributed by atoms with E-state index in [1.54, 1.807) is 30.3 Å². The minimum atomic E-state index is -4.60. The first-order chi connectivity index (χ1) is 17.3. The zero-order valence-corrected chi connectivity index (χ0v) is 18.8. The van der Waals surface area contributed by atoms with Gasteiger partial charge >= 0.3 is 6.18 Å². The Labute approximate surface area is 203 Å². The molecule has 0 aliphatic carbocycles. The predicted molar refractivity (Wildman–Crippen MR) is 122 cm³/mol. The fraction of sp³-hybridized carbons (Fsp3) is 0.160. The number of nitrogens with one attached hydrogen (secondary N) is 1. The van der Waals surface area contributed by atoms with E-state index in [0.29, 0.717) is 33.8 Å². The number of nitrogens with zero attached hydrogens (tertiary/aromatic N) is 5. The van der Waals surface area contributed by atoms with Crippen LogP contribution < -0.4 is 4.90 Å². The number of H-pyrrole nitrogens is 1. The Morgan fingerprint density at radius 1 is 1.14 bits per heavy atom. The highest BCUT2D eigenvalue weighted by Crippen LogP contribution is 2.39. The molecule has 0 fully saturated rings. The van der Waals surface area contributed by atoms with Gasteiger partial charge in [-0.25, -0.2) is 9.97 Å². The van der Waals surface area contributed by atoms with Crippen LogP contribution in [0, 0.1) is 11.3 Å². The Hall–Kier alpha value is -4.56. The Kier molecular flexibility index (Phi) is 5.74. The number of aromatic amines is 1. The maximum atomic E-state index is 13.6. The van der Waals surface area contributed by atoms with Crippen molar-refractivity contribution in [2.45, 2.75) is 19.3 Å². The molecular weight excluding hydrogens is 473 g/mol. The molecule has 11 heteroatoms. The van der Waals surface area contributed by atoms with E-state index >= 15 is 0 Å². The van der Waals surface area contributed by atoms with E-state index in [1.165, 1.54) is 30.5 Å². The van der Waals surface area contributed by atoms with Crippen LogP contribution >= 0.6 is 0 Å². The van der Waals surface area contributed by atoms with E-state index in [1.807, 2.05) is 0 Å². The van der Waals surface area contributed by atoms with Gasteiger partial charge in [0.2, 0.25) is 0 Å². The van der Waals surface area contributed by atoms with Crippen LogP contribution in [0.15, 0.2) is 54.9 Å². The number of rotatable bonds is 5. The Morgan fingerprint density at radius 2 is 1.97 bits per heavy atom. The number of halogens is 3. The van der Waals surface area contributed by atoms with E-state index in [9.17, 15) is 23.2 Å². The van der Waals surface area contributed by atoms with E-state index in [-0.39, 0.29) is 30.1 Å². The lowest BCUT2D eigenvalue weighted by Gasteiger charge is -2.18. The summed E-state index contributed by atoms with van der Waals surface area (Å²) in [7, 11) is 1.48. The monoisotopic (exact) mass is 490 g/mol. The molecule has 0 spiro atoms. The van der Waals surface area contributed by atoms with Gasteiger partial charge in [0.1, 0.15) is 12.1 Å². The summed E-state index contributed by atoms with van der Waals surface area (Å²) in [4.78, 5) is 23.1. The van der Waals surface area contributed by atoms with Crippen LogP contribution in [-0.4, -0.2) is 33.2 Å². The molecule has 0 saturated heterocycles. The molecule has 8 nitrogen and oxygen atoms in total. The van der Waals surface area contributed by atoms with Gasteiger partial charge in [0.25, 0.3) is 5.91 Å². The minimum Gasteiger partial charge on any atom is -0.378 e. The molecule has 0 saturated carbocycles. The third-order valence-electron chi connectivity index (χ3n) is 5.84. The molecule has 2 aromatic carbocycles. The minimum absolute atomic E-state index is 0.0147. The number of hydrogen-bond donors (Lipinski definition) is 1. The van der Waals surface area contributed by atoms with E-state index in [0.717, 1.165) is 6.07 Å². The van der Waals surface area contributed by atoms with Crippen molar-refractivity contribution in [2.75, 3.05) is 12.0 Å². The number of fused-ring (bicyclic) bond motifs is 1. The standard InChI is InChI=1S/C25H17F3N6O2/c1-36-12-16-8-15(19-7-14(10-29)5-6-17(19)23-30-13-31-33-23)9-22(32-16)34-11-20-18(24(34)35)3-2-4-21(20)25(26,27)28/h2-9,13H,11-12H2,1H3,(H,30,31,33). The molecular formula is C25H17F3N6O2. The number of carbonyl (C=O) groups is 1. The molecule has 3 heterocycles. The highest BCUT2D eigenvalue weighted by molar-refractivity contribution is 6.10. The molecule has 0 atom stereocenters. The maximum Gasteiger partial charge on any atom is 0.416 e. The van der Waals surface area contributed by atoms with Gasteiger partial charge in [-0.3, -0.25) is 14.8 Å². The van der Waals surface area contributed by atoms with Gasteiger partial charge < -0.3 is 4.74 Å². The molecule has 0 bridgehead atoms. The first-order valence-corrected chi connectivity index (χ1v) is 10.7. The number of amides is 1. The van der Waals surface area contributed by atoms with Crippen LogP contribution in [0.25, 0.3) is 22.5 Å². The number of hydrogen-bond acceptors (Lipinski definition) is 6. The van der Waals surface area contributed by atoms with Gasteiger partial charge in [-0.15, -0.1) is 0 Å². The molecule has 2 aromatic heterocycles. The van der Waals surface area contributed by atoms with E-state index in [4.69, 9.17) is 4.74 Å². The van der Waals surface area contributed by atoms with Crippen molar-refractivity contribution in [3.8, 4) is 28.6 Å². The summed E-state index contributed by atoms with van der Waals surface area (Å²) in [5, 5.41) is 16.1. The second kappa shape index (κ2) is 8.90. The van der Waals surface area contributed by atoms with Gasteiger partial charge in [0.15, 0.2) is 5.82 Å². The van der Waals surface area contributed by atoms with Crippen LogP contribution in [0.4, 0.5) is 19.0 Å². The van der Waals surface area contributed by atoms with Crippen molar-refractivity contribution >= 4 is 11.7 Å². The number of alkyl halides is 3. The fourth-order valence-corrected chi connectivity index (χ4v) is 4.27. The Balaban J connectivity index is 1.65. The van der Waals surface area contributed by atoms with Crippen molar-refractivity contribution in [2.24, 2.45) is 0 Å². The number of methoxy groups -OCH3 is 1. The van der Waals surface area contributed by atoms with Crippen LogP contribution in [-0.2, 0) is 24.1 Å². The van der Waals surface area contributed by atoms with E-state index in [2.05, 4.69) is 26.2 Å². The van der Waals surface area contributed by atoms with Crippen molar-refractivity contribution < 1.29 is 22.7 Å². The highest BCUT2D eigenvalue weighted by atomic mass is 19.4. The van der Waals surface area contributed by atoms with Crippen molar-refractivity contribution in [3.63, 3.8) is 0 Å². The molecule has 0 radical (unpaired) electrons. The first kappa shape index (κ1) is 23.2. The Morgan fingerprint density at radius 3 is 2.67 bits per heavy atom. The van der Waals surface area contributed by atoms with Crippen LogP contribution in [0.1, 0.15) is 32.7 Å². The summed E-state index contributed by atoms with van der Waals surface area (Å²) in [5.41, 5.74) is 1.71. The zero-order valence-electron chi connectivity index (χ0n) is 18.8. The summed E-state index contributed by atoms with van der Waals surface area (Å²) >= 11 is 0. The summed E-state index contributed by atoms with van der Waals surface area (Å²) in [5.74, 6) is 0.0470. The van der Waals surface area contributed by atoms with Gasteiger partial charge in [-0.1, -0.05) is 6.07 Å². The number of nitriles is 1. The quantitative estimate of drug-likeness (QED) is 0.433. The van der Waals surface area contributed by atoms with Gasteiger partial charge in [-0.05, 0) is 59.2 Å². The number of ether oxygens (including phenoxy) is 1. The highest BCUT2D eigenvalue weighted by Gasteiger charge is 2.40. The lowest BCUT2D eigenvalue weighted by atomic mass is 9.97. The SMILES string of the molecule is COCc1cc(-c2cc(C#N)ccc2-c2ncn[nH]2)cc(N2Cc3c(cccc3C(F)(F)F)C2=O)n1. The zero-order chi connectivity index (χ0) is 25.4. The van der Waals surface area contributed by atoms with Crippen LogP contribution in [0.2, 0.25) is 0 Å². The normalized spacial score (nSPS) is 13.1. The molecule has 4 aromatic rings. The fourth-order valence-electron chi connectivity index (χ4n) is 4.27. The van der Waals surface area contributed by atoms with Crippen LogP contribution in [0.5, 0.6) is 0 Å². The second-order valence-corrected chi connectivity index (χ2v) is 8.07. The predicted octanol–water partition coefficient (Wildman–Crippen LogP) is 4.73. The van der Waals surface area contributed by atoms with Crippen molar-refractivity contribution in [3.05, 3.63) is 82.8 Å².